The van der Waals surface area contributed by atoms with Crippen LogP contribution in [0.15, 0.2) is 48.0 Å². The van der Waals surface area contributed by atoms with Crippen molar-refractivity contribution in [2.24, 2.45) is 11.3 Å². The van der Waals surface area contributed by atoms with Gasteiger partial charge in [-0.15, -0.1) is 0 Å². The van der Waals surface area contributed by atoms with Crippen LogP contribution in [-0.2, 0) is 55.9 Å². The first-order valence-corrected chi connectivity index (χ1v) is 22.6. The summed E-state index contributed by atoms with van der Waals surface area (Å²) >= 11 is 0. The van der Waals surface area contributed by atoms with Crippen molar-refractivity contribution in [3.63, 3.8) is 0 Å². The maximum absolute atomic E-state index is 13.1. The van der Waals surface area contributed by atoms with E-state index in [-0.39, 0.29) is 59.0 Å². The average Bonchev–Trinajstić information content (AvgIpc) is 3.00. The summed E-state index contributed by atoms with van der Waals surface area (Å²) in [6.07, 6.45) is 2.48. The van der Waals surface area contributed by atoms with E-state index in [0.29, 0.717) is 45.4 Å². The minimum atomic E-state index is -5.12. The summed E-state index contributed by atoms with van der Waals surface area (Å²) in [7, 11) is -10.1. The largest absolute Gasteiger partial charge is 0.524 e. The van der Waals surface area contributed by atoms with E-state index in [1.165, 1.54) is 6.92 Å². The van der Waals surface area contributed by atoms with Gasteiger partial charge in [0, 0.05) is 19.3 Å². The monoisotopic (exact) mass is 828 g/mol. The van der Waals surface area contributed by atoms with Crippen molar-refractivity contribution < 1.29 is 47.7 Å². The molecule has 0 saturated heterocycles. The van der Waals surface area contributed by atoms with Crippen LogP contribution in [0.2, 0.25) is 0 Å². The lowest BCUT2D eigenvalue weighted by molar-refractivity contribution is -0.113. The first kappa shape index (κ1) is 48.1. The van der Waals surface area contributed by atoms with Crippen LogP contribution < -0.4 is 9.05 Å². The number of rotatable bonds is 13. The number of carbonyl (C=O) groups is 1. The number of carbonyl (C=O) groups excluding carboxylic acids is 1. The van der Waals surface area contributed by atoms with Crippen LogP contribution in [0.4, 0.5) is 0 Å². The third kappa shape index (κ3) is 13.4. The Labute approximate surface area is 340 Å². The van der Waals surface area contributed by atoms with Gasteiger partial charge in [0.1, 0.15) is 17.2 Å². The van der Waals surface area contributed by atoms with Gasteiger partial charge in [0.25, 0.3) is 0 Å². The van der Waals surface area contributed by atoms with Crippen LogP contribution in [-0.4, -0.2) is 30.5 Å². The van der Waals surface area contributed by atoms with Gasteiger partial charge in [-0.1, -0.05) is 139 Å². The maximum Gasteiger partial charge on any atom is 0.524 e. The molecule has 0 fully saturated rings. The Morgan fingerprint density at radius 3 is 1.28 bits per heavy atom. The Morgan fingerprint density at radius 1 is 0.632 bits per heavy atom. The number of ketones is 1. The fourth-order valence-electron chi connectivity index (χ4n) is 6.43. The molecule has 3 aromatic rings. The smallest absolute Gasteiger partial charge is 0.507 e. The molecule has 5 N–H and O–H groups in total. The van der Waals surface area contributed by atoms with Crippen LogP contribution >= 0.6 is 15.6 Å². The van der Waals surface area contributed by atoms with Crippen molar-refractivity contribution in [3.05, 3.63) is 98.1 Å². The van der Waals surface area contributed by atoms with Crippen molar-refractivity contribution in [2.45, 2.75) is 146 Å². The van der Waals surface area contributed by atoms with Crippen LogP contribution in [0.1, 0.15) is 154 Å². The van der Waals surface area contributed by atoms with Crippen LogP contribution in [0.3, 0.4) is 0 Å². The number of phosphoric ester groups is 2. The molecule has 0 spiro atoms. The van der Waals surface area contributed by atoms with E-state index >= 15 is 0 Å². The maximum atomic E-state index is 13.1. The van der Waals surface area contributed by atoms with Crippen molar-refractivity contribution in [2.75, 3.05) is 0 Å². The predicted molar refractivity (Wildman–Crippen MR) is 229 cm³/mol. The zero-order valence-electron chi connectivity index (χ0n) is 36.6. The van der Waals surface area contributed by atoms with Crippen LogP contribution in [0.25, 0.3) is 0 Å². The highest BCUT2D eigenvalue weighted by atomic mass is 31.2. The molecule has 0 aliphatic heterocycles. The second-order valence-electron chi connectivity index (χ2n) is 19.6. The Hall–Kier alpha value is -3.23. The number of allylic oxidation sites excluding steroid dienone is 2. The van der Waals surface area contributed by atoms with Gasteiger partial charge in [-0.2, -0.15) is 0 Å². The number of aromatic hydroxyl groups is 1. The number of hydrogen-bond donors (Lipinski definition) is 5. The number of aryl methyl sites for hydroxylation is 1. The molecule has 0 aliphatic rings. The van der Waals surface area contributed by atoms with Crippen LogP contribution in [0.5, 0.6) is 17.2 Å². The molecule has 0 radical (unpaired) electrons. The van der Waals surface area contributed by atoms with E-state index < -0.39 is 26.5 Å². The zero-order valence-corrected chi connectivity index (χ0v) is 38.4. The highest BCUT2D eigenvalue weighted by Crippen LogP contribution is 2.47. The SMILES string of the molecule is CCc1cc(C(C)(C)C)cc(Cc2cc(C(C)(C)C)cc(Cc3cc(C(C)(C)C)cc(CC(=CC(C)C(C)(C)C)C(C)=O)c3OP(=O)(O)O)c2O)c1OP(=O)(O)O. The lowest BCUT2D eigenvalue weighted by Gasteiger charge is -2.27. The topological polar surface area (TPSA) is 171 Å². The third-order valence-corrected chi connectivity index (χ3v) is 11.4. The number of phenolic OH excluding ortho intramolecular Hbond substituents is 1. The summed E-state index contributed by atoms with van der Waals surface area (Å²) in [6.45, 7) is 29.9. The van der Waals surface area contributed by atoms with Gasteiger partial charge < -0.3 is 14.2 Å². The standard InChI is InChI=1S/C45H66O10P2/c1-16-29-21-36(43(7,8)9)25-34(40(29)54-56(48,49)50)19-31-22-37(44(10,11)12)23-32(39(31)47)20-35-26-38(45(13,14)15)24-33(41(35)55-57(51,52)53)18-30(28(3)46)17-27(2)42(4,5)6/h17,21-27,47H,16,18-20H2,1-15H3,(H2,48,49,50)(H2,51,52,53). The second-order valence-corrected chi connectivity index (χ2v) is 21.9. The Morgan fingerprint density at radius 2 is 0.965 bits per heavy atom. The van der Waals surface area contributed by atoms with E-state index in [9.17, 15) is 38.6 Å². The van der Waals surface area contributed by atoms with Crippen molar-refractivity contribution >= 4 is 21.4 Å². The van der Waals surface area contributed by atoms with Gasteiger partial charge in [0.15, 0.2) is 5.78 Å². The molecule has 3 rings (SSSR count). The van der Waals surface area contributed by atoms with E-state index in [1.54, 1.807) is 0 Å². The zero-order chi connectivity index (χ0) is 43.9. The minimum absolute atomic E-state index is 0.000595. The third-order valence-electron chi connectivity index (χ3n) is 10.6. The van der Waals surface area contributed by atoms with Gasteiger partial charge in [-0.3, -0.25) is 24.4 Å². The number of benzene rings is 3. The molecule has 10 nitrogen and oxygen atoms in total. The Bertz CT molecular complexity index is 2090. The van der Waals surface area contributed by atoms with Crippen LogP contribution in [0, 0.1) is 11.3 Å². The molecule has 0 bridgehead atoms. The fraction of sp³-hybridized carbons (Fsp3) is 0.533. The van der Waals surface area contributed by atoms with Gasteiger partial charge >= 0.3 is 15.6 Å². The minimum Gasteiger partial charge on any atom is -0.507 e. The summed E-state index contributed by atoms with van der Waals surface area (Å²) in [6, 6.07) is 11.2. The molecule has 316 valence electrons. The lowest BCUT2D eigenvalue weighted by atomic mass is 9.79. The molecule has 1 atom stereocenters. The molecular weight excluding hydrogens is 762 g/mol. The number of hydrogen-bond acceptors (Lipinski definition) is 6. The molecule has 1 unspecified atom stereocenters. The molecule has 12 heteroatoms. The summed E-state index contributed by atoms with van der Waals surface area (Å²) in [5.74, 6) is -0.237. The molecule has 0 aromatic heterocycles. The number of Topliss-reactive ketones (excluding diaryl/α,β-unsaturated/α-hetero) is 1. The Balaban J connectivity index is 2.43. The summed E-state index contributed by atoms with van der Waals surface area (Å²) < 4.78 is 35.7. The predicted octanol–water partition coefficient (Wildman–Crippen LogP) is 10.7. The molecule has 57 heavy (non-hydrogen) atoms. The van der Waals surface area contributed by atoms with Crippen molar-refractivity contribution in [1.82, 2.24) is 0 Å². The van der Waals surface area contributed by atoms with E-state index in [1.807, 2.05) is 119 Å². The molecule has 0 saturated carbocycles. The van der Waals surface area contributed by atoms with Crippen molar-refractivity contribution in [3.8, 4) is 17.2 Å². The molecule has 0 amide bonds. The van der Waals surface area contributed by atoms with E-state index in [2.05, 4.69) is 20.8 Å². The van der Waals surface area contributed by atoms with Gasteiger partial charge in [0.05, 0.1) is 0 Å². The average molecular weight is 829 g/mol. The Kier molecular flexibility index (Phi) is 14.5. The molecule has 3 aromatic carbocycles. The second kappa shape index (κ2) is 17.2. The summed E-state index contributed by atoms with van der Waals surface area (Å²) in [5, 5.41) is 12.2. The normalized spacial score (nSPS) is 14.1. The van der Waals surface area contributed by atoms with Gasteiger partial charge in [0.2, 0.25) is 0 Å². The van der Waals surface area contributed by atoms with Crippen molar-refractivity contribution in [1.29, 1.82) is 0 Å². The van der Waals surface area contributed by atoms with E-state index in [0.717, 1.165) is 16.7 Å². The van der Waals surface area contributed by atoms with E-state index in [4.69, 9.17) is 9.05 Å². The molecule has 0 aliphatic carbocycles. The summed E-state index contributed by atoms with van der Waals surface area (Å²) in [4.78, 5) is 53.5. The summed E-state index contributed by atoms with van der Waals surface area (Å²) in [5.41, 5.74) is 4.70. The van der Waals surface area contributed by atoms with Gasteiger partial charge in [-0.05, 0) is 96.6 Å². The first-order chi connectivity index (χ1) is 25.6. The number of phenols is 1. The fourth-order valence-corrected chi connectivity index (χ4v) is 7.38. The van der Waals surface area contributed by atoms with Gasteiger partial charge in [-0.25, -0.2) is 9.13 Å². The lowest BCUT2D eigenvalue weighted by Crippen LogP contribution is -2.18. The quantitative estimate of drug-likeness (QED) is 0.0825. The number of phosphoric acid groups is 2. The highest BCUT2D eigenvalue weighted by molar-refractivity contribution is 7.47. The molecular formula is C45H66O10P2. The first-order valence-electron chi connectivity index (χ1n) is 19.5. The molecule has 0 heterocycles. The highest BCUT2D eigenvalue weighted by Gasteiger charge is 2.30.